The first-order chi connectivity index (χ1) is 15.7. The minimum Gasteiger partial charge on any atom is -0.465 e. The highest BCUT2D eigenvalue weighted by molar-refractivity contribution is 5.93. The second kappa shape index (κ2) is 8.88. The van der Waals surface area contributed by atoms with Crippen LogP contribution in [0.4, 0.5) is 5.69 Å². The first-order valence-electron chi connectivity index (χ1n) is 10.7. The predicted octanol–water partition coefficient (Wildman–Crippen LogP) is 4.11. The molecule has 0 amide bonds. The van der Waals surface area contributed by atoms with E-state index in [-0.39, 0.29) is 5.88 Å². The molecule has 2 unspecified atom stereocenters. The van der Waals surface area contributed by atoms with Crippen LogP contribution in [0.15, 0.2) is 66.9 Å². The number of fused-ring (bicyclic) bond motifs is 1. The molecule has 2 aliphatic rings. The van der Waals surface area contributed by atoms with Crippen molar-refractivity contribution < 1.29 is 19.0 Å². The molecule has 164 valence electrons. The minimum absolute atomic E-state index is 0.221. The van der Waals surface area contributed by atoms with Crippen molar-refractivity contribution in [2.75, 3.05) is 38.2 Å². The molecule has 0 saturated carbocycles. The van der Waals surface area contributed by atoms with Gasteiger partial charge in [-0.05, 0) is 54.3 Å². The van der Waals surface area contributed by atoms with Crippen LogP contribution in [0, 0.1) is 11.8 Å². The van der Waals surface area contributed by atoms with Gasteiger partial charge in [0.2, 0.25) is 5.88 Å². The number of carbonyl (C=O) groups excluding carboxylic acids is 1. The number of hydrogen-bond acceptors (Lipinski definition) is 7. The first kappa shape index (κ1) is 20.3. The zero-order valence-corrected chi connectivity index (χ0v) is 17.9. The summed E-state index contributed by atoms with van der Waals surface area (Å²) in [5, 5.41) is 3.44. The van der Waals surface area contributed by atoms with Crippen LogP contribution in [0.1, 0.15) is 10.4 Å². The number of methoxy groups -OCH3 is 1. The Kier molecular flexibility index (Phi) is 5.64. The summed E-state index contributed by atoms with van der Waals surface area (Å²) in [6.07, 6.45) is 1.77. The Morgan fingerprint density at radius 1 is 0.938 bits per heavy atom. The van der Waals surface area contributed by atoms with E-state index in [0.717, 1.165) is 37.6 Å². The maximum absolute atomic E-state index is 12.5. The summed E-state index contributed by atoms with van der Waals surface area (Å²) in [7, 11) is 1.36. The number of benzene rings is 2. The first-order valence-corrected chi connectivity index (χ1v) is 10.7. The van der Waals surface area contributed by atoms with E-state index in [0.29, 0.717) is 28.9 Å². The highest BCUT2D eigenvalue weighted by Gasteiger charge is 2.36. The Balaban J connectivity index is 1.33. The number of pyridine rings is 1. The maximum atomic E-state index is 12.5. The number of nitrogens with one attached hydrogen (secondary N) is 1. The van der Waals surface area contributed by atoms with Crippen LogP contribution in [0.2, 0.25) is 0 Å². The molecule has 7 heteroatoms. The van der Waals surface area contributed by atoms with Crippen LogP contribution in [0.5, 0.6) is 23.1 Å². The number of aromatic nitrogens is 1. The monoisotopic (exact) mass is 431 g/mol. The van der Waals surface area contributed by atoms with Gasteiger partial charge in [-0.3, -0.25) is 0 Å². The van der Waals surface area contributed by atoms with E-state index >= 15 is 0 Å². The summed E-state index contributed by atoms with van der Waals surface area (Å²) in [6.45, 7) is 4.01. The van der Waals surface area contributed by atoms with Crippen molar-refractivity contribution in [3.05, 3.63) is 72.4 Å². The second-order valence-corrected chi connectivity index (χ2v) is 8.11. The Labute approximate surface area is 186 Å². The van der Waals surface area contributed by atoms with Crippen molar-refractivity contribution in [3.8, 4) is 23.1 Å². The van der Waals surface area contributed by atoms with E-state index in [2.05, 4.69) is 15.2 Å². The number of ether oxygens (including phenoxy) is 3. The van der Waals surface area contributed by atoms with Crippen molar-refractivity contribution >= 4 is 11.7 Å². The van der Waals surface area contributed by atoms with Crippen LogP contribution < -0.4 is 19.7 Å². The summed E-state index contributed by atoms with van der Waals surface area (Å²) in [4.78, 5) is 19.2. The van der Waals surface area contributed by atoms with Crippen LogP contribution in [0.3, 0.4) is 0 Å². The molecule has 2 aromatic carbocycles. The Bertz CT molecular complexity index is 1080. The Morgan fingerprint density at radius 2 is 1.56 bits per heavy atom. The zero-order chi connectivity index (χ0) is 21.9. The quantitative estimate of drug-likeness (QED) is 0.589. The largest absolute Gasteiger partial charge is 0.465 e. The molecule has 1 aromatic heterocycles. The fraction of sp³-hybridized carbons (Fsp3) is 0.280. The van der Waals surface area contributed by atoms with Gasteiger partial charge in [-0.1, -0.05) is 18.2 Å². The molecule has 3 heterocycles. The summed E-state index contributed by atoms with van der Waals surface area (Å²) in [5.74, 6) is 3.03. The molecule has 2 atom stereocenters. The lowest BCUT2D eigenvalue weighted by atomic mass is 10.0. The lowest BCUT2D eigenvalue weighted by Gasteiger charge is -2.20. The summed E-state index contributed by atoms with van der Waals surface area (Å²) < 4.78 is 16.7. The van der Waals surface area contributed by atoms with Gasteiger partial charge in [0.15, 0.2) is 0 Å². The van der Waals surface area contributed by atoms with Gasteiger partial charge in [-0.25, -0.2) is 9.78 Å². The van der Waals surface area contributed by atoms with Gasteiger partial charge in [-0.15, -0.1) is 0 Å². The molecular formula is C25H25N3O4. The topological polar surface area (TPSA) is 72.9 Å². The van der Waals surface area contributed by atoms with Crippen LogP contribution in [-0.2, 0) is 4.74 Å². The van der Waals surface area contributed by atoms with Crippen molar-refractivity contribution in [1.82, 2.24) is 10.3 Å². The van der Waals surface area contributed by atoms with E-state index in [1.165, 1.54) is 7.11 Å². The van der Waals surface area contributed by atoms with Gasteiger partial charge in [0, 0.05) is 26.2 Å². The second-order valence-electron chi connectivity index (χ2n) is 8.11. The lowest BCUT2D eigenvalue weighted by Crippen LogP contribution is -2.25. The minimum atomic E-state index is -0.473. The molecule has 32 heavy (non-hydrogen) atoms. The van der Waals surface area contributed by atoms with Crippen molar-refractivity contribution in [2.24, 2.45) is 11.8 Å². The number of para-hydroxylation sites is 1. The third kappa shape index (κ3) is 4.24. The number of carbonyl (C=O) groups is 1. The van der Waals surface area contributed by atoms with E-state index in [1.54, 1.807) is 18.3 Å². The highest BCUT2D eigenvalue weighted by atomic mass is 16.5. The van der Waals surface area contributed by atoms with E-state index in [1.807, 2.05) is 48.5 Å². The average molecular weight is 431 g/mol. The van der Waals surface area contributed by atoms with Gasteiger partial charge in [0.1, 0.15) is 22.8 Å². The Morgan fingerprint density at radius 3 is 2.22 bits per heavy atom. The Hall–Kier alpha value is -3.58. The zero-order valence-electron chi connectivity index (χ0n) is 17.9. The summed E-state index contributed by atoms with van der Waals surface area (Å²) in [5.41, 5.74) is 1.23. The third-order valence-electron chi connectivity index (χ3n) is 6.01. The van der Waals surface area contributed by atoms with Gasteiger partial charge in [0.25, 0.3) is 0 Å². The number of esters is 1. The maximum Gasteiger partial charge on any atom is 0.343 e. The fourth-order valence-electron chi connectivity index (χ4n) is 4.33. The van der Waals surface area contributed by atoms with Gasteiger partial charge in [-0.2, -0.15) is 0 Å². The van der Waals surface area contributed by atoms with Gasteiger partial charge < -0.3 is 24.4 Å². The predicted molar refractivity (Wildman–Crippen MR) is 121 cm³/mol. The number of hydrogen-bond donors (Lipinski definition) is 1. The molecule has 7 nitrogen and oxygen atoms in total. The molecule has 0 radical (unpaired) electrons. The standard InChI is InChI=1S/C25H25N3O4/c1-30-25(29)23-11-19(28-15-17-12-26-13-18(17)16-28)14-27-24(23)32-22-9-7-21(8-10-22)31-20-5-3-2-4-6-20/h2-11,14,17-18,26H,12-13,15-16H2,1H3. The van der Waals surface area contributed by atoms with E-state index in [9.17, 15) is 4.79 Å². The van der Waals surface area contributed by atoms with E-state index < -0.39 is 5.97 Å². The van der Waals surface area contributed by atoms with Crippen LogP contribution >= 0.6 is 0 Å². The number of nitrogens with zero attached hydrogens (tertiary/aromatic N) is 2. The molecule has 2 saturated heterocycles. The molecule has 0 aliphatic carbocycles. The van der Waals surface area contributed by atoms with Gasteiger partial charge >= 0.3 is 5.97 Å². The average Bonchev–Trinajstić information content (AvgIpc) is 3.43. The van der Waals surface area contributed by atoms with Crippen LogP contribution in [-0.4, -0.2) is 44.2 Å². The van der Waals surface area contributed by atoms with Crippen molar-refractivity contribution in [1.29, 1.82) is 0 Å². The normalized spacial score (nSPS) is 19.5. The molecule has 5 rings (SSSR count). The molecule has 0 spiro atoms. The molecule has 3 aromatic rings. The lowest BCUT2D eigenvalue weighted by molar-refractivity contribution is 0.0597. The summed E-state index contributed by atoms with van der Waals surface area (Å²) in [6, 6.07) is 18.6. The third-order valence-corrected chi connectivity index (χ3v) is 6.01. The van der Waals surface area contributed by atoms with Crippen molar-refractivity contribution in [2.45, 2.75) is 0 Å². The molecular weight excluding hydrogens is 406 g/mol. The van der Waals surface area contributed by atoms with Gasteiger partial charge in [0.05, 0.1) is 19.0 Å². The smallest absolute Gasteiger partial charge is 0.343 e. The molecule has 2 fully saturated rings. The molecule has 1 N–H and O–H groups in total. The fourth-order valence-corrected chi connectivity index (χ4v) is 4.33. The number of anilines is 1. The summed E-state index contributed by atoms with van der Waals surface area (Å²) >= 11 is 0. The highest BCUT2D eigenvalue weighted by Crippen LogP contribution is 2.33. The number of rotatable bonds is 6. The van der Waals surface area contributed by atoms with Crippen LogP contribution in [0.25, 0.3) is 0 Å². The molecule has 0 bridgehead atoms. The molecule has 2 aliphatic heterocycles. The van der Waals surface area contributed by atoms with E-state index in [4.69, 9.17) is 14.2 Å². The SMILES string of the molecule is COC(=O)c1cc(N2CC3CNCC3C2)cnc1Oc1ccc(Oc2ccccc2)cc1. The van der Waals surface area contributed by atoms with Crippen molar-refractivity contribution in [3.63, 3.8) is 0 Å².